The fourth-order valence-corrected chi connectivity index (χ4v) is 2.40. The van der Waals surface area contributed by atoms with Crippen LogP contribution in [0.5, 0.6) is 0 Å². The van der Waals surface area contributed by atoms with Crippen LogP contribution < -0.4 is 0 Å². The molecule has 0 N–H and O–H groups in total. The van der Waals surface area contributed by atoms with Gasteiger partial charge in [-0.1, -0.05) is 36.4 Å². The second-order valence-corrected chi connectivity index (χ2v) is 4.75. The molecule has 0 radical (unpaired) electrons. The van der Waals surface area contributed by atoms with Gasteiger partial charge in [0.05, 0.1) is 12.7 Å². The number of hydrogen-bond acceptors (Lipinski definition) is 2. The zero-order chi connectivity index (χ0) is 14.8. The van der Waals surface area contributed by atoms with Crippen molar-refractivity contribution in [3.8, 4) is 11.1 Å². The third-order valence-electron chi connectivity index (χ3n) is 3.43. The van der Waals surface area contributed by atoms with Crippen molar-refractivity contribution in [1.82, 2.24) is 0 Å². The van der Waals surface area contributed by atoms with E-state index in [9.17, 15) is 9.18 Å². The van der Waals surface area contributed by atoms with Gasteiger partial charge < -0.3 is 4.74 Å². The molecule has 0 saturated heterocycles. The summed E-state index contributed by atoms with van der Waals surface area (Å²) in [5.41, 5.74) is 2.13. The largest absolute Gasteiger partial charge is 0.465 e. The lowest BCUT2D eigenvalue weighted by Gasteiger charge is -2.10. The number of esters is 1. The van der Waals surface area contributed by atoms with E-state index in [4.69, 9.17) is 4.74 Å². The molecule has 0 heterocycles. The SMILES string of the molecule is COC(=O)c1cc2cc(F)ccc2cc1-c1ccccc1. The minimum Gasteiger partial charge on any atom is -0.465 e. The number of methoxy groups -OCH3 is 1. The van der Waals surface area contributed by atoms with Crippen LogP contribution in [0.15, 0.2) is 60.7 Å². The lowest BCUT2D eigenvalue weighted by molar-refractivity contribution is 0.0602. The molecule has 3 aromatic rings. The lowest BCUT2D eigenvalue weighted by atomic mass is 9.95. The molecule has 0 aliphatic carbocycles. The molecular weight excluding hydrogens is 267 g/mol. The highest BCUT2D eigenvalue weighted by atomic mass is 19.1. The van der Waals surface area contributed by atoms with Crippen LogP contribution in [0, 0.1) is 5.82 Å². The minimum absolute atomic E-state index is 0.328. The number of hydrogen-bond donors (Lipinski definition) is 0. The molecule has 0 amide bonds. The fourth-order valence-electron chi connectivity index (χ4n) is 2.40. The predicted molar refractivity (Wildman–Crippen MR) is 80.7 cm³/mol. The number of rotatable bonds is 2. The quantitative estimate of drug-likeness (QED) is 0.649. The highest BCUT2D eigenvalue weighted by Gasteiger charge is 2.14. The summed E-state index contributed by atoms with van der Waals surface area (Å²) in [4.78, 5) is 12.0. The summed E-state index contributed by atoms with van der Waals surface area (Å²) < 4.78 is 18.2. The van der Waals surface area contributed by atoms with Crippen LogP contribution in [0.4, 0.5) is 4.39 Å². The van der Waals surface area contributed by atoms with E-state index in [1.165, 1.54) is 19.2 Å². The van der Waals surface area contributed by atoms with Gasteiger partial charge in [-0.25, -0.2) is 9.18 Å². The molecule has 0 spiro atoms. The average Bonchev–Trinajstić information content (AvgIpc) is 2.53. The monoisotopic (exact) mass is 280 g/mol. The summed E-state index contributed by atoms with van der Waals surface area (Å²) in [6.07, 6.45) is 0. The van der Waals surface area contributed by atoms with Gasteiger partial charge in [0, 0.05) is 0 Å². The van der Waals surface area contributed by atoms with Gasteiger partial charge in [-0.15, -0.1) is 0 Å². The maximum atomic E-state index is 13.4. The molecular formula is C18H13FO2. The molecule has 0 aliphatic heterocycles. The Bertz CT molecular complexity index is 810. The van der Waals surface area contributed by atoms with Crippen LogP contribution in [0.25, 0.3) is 21.9 Å². The van der Waals surface area contributed by atoms with E-state index >= 15 is 0 Å². The van der Waals surface area contributed by atoms with E-state index in [0.29, 0.717) is 10.9 Å². The van der Waals surface area contributed by atoms with Crippen LogP contribution in [0.3, 0.4) is 0 Å². The highest BCUT2D eigenvalue weighted by Crippen LogP contribution is 2.29. The Kier molecular flexibility index (Phi) is 3.40. The highest BCUT2D eigenvalue weighted by molar-refractivity contribution is 6.03. The first-order valence-corrected chi connectivity index (χ1v) is 6.56. The van der Waals surface area contributed by atoms with Gasteiger partial charge in [0.15, 0.2) is 0 Å². The Balaban J connectivity index is 2.30. The number of carbonyl (C=O) groups excluding carboxylic acids is 1. The van der Waals surface area contributed by atoms with E-state index in [0.717, 1.165) is 16.5 Å². The maximum absolute atomic E-state index is 13.4. The molecule has 0 fully saturated rings. The number of fused-ring (bicyclic) bond motifs is 1. The van der Waals surface area contributed by atoms with Crippen molar-refractivity contribution in [3.05, 3.63) is 72.0 Å². The summed E-state index contributed by atoms with van der Waals surface area (Å²) >= 11 is 0. The van der Waals surface area contributed by atoms with Crippen molar-refractivity contribution in [1.29, 1.82) is 0 Å². The molecule has 3 heteroatoms. The number of ether oxygens (including phenoxy) is 1. The standard InChI is InChI=1S/C18H13FO2/c1-21-18(20)17-11-14-9-15(19)8-7-13(14)10-16(17)12-5-3-2-4-6-12/h2-11H,1H3. The maximum Gasteiger partial charge on any atom is 0.338 e. The average molecular weight is 280 g/mol. The molecule has 0 saturated carbocycles. The van der Waals surface area contributed by atoms with Crippen molar-refractivity contribution in [2.75, 3.05) is 7.11 Å². The fraction of sp³-hybridized carbons (Fsp3) is 0.0556. The smallest absolute Gasteiger partial charge is 0.338 e. The molecule has 0 atom stereocenters. The van der Waals surface area contributed by atoms with Crippen LogP contribution >= 0.6 is 0 Å². The molecule has 21 heavy (non-hydrogen) atoms. The van der Waals surface area contributed by atoms with Crippen molar-refractivity contribution < 1.29 is 13.9 Å². The summed E-state index contributed by atoms with van der Waals surface area (Å²) in [6.45, 7) is 0. The Morgan fingerprint density at radius 3 is 2.43 bits per heavy atom. The number of benzene rings is 3. The van der Waals surface area contributed by atoms with E-state index in [1.54, 1.807) is 12.1 Å². The van der Waals surface area contributed by atoms with Crippen LogP contribution in [-0.2, 0) is 4.74 Å². The van der Waals surface area contributed by atoms with Crippen LogP contribution in [0.2, 0.25) is 0 Å². The van der Waals surface area contributed by atoms with E-state index in [-0.39, 0.29) is 5.82 Å². The Morgan fingerprint density at radius 2 is 1.71 bits per heavy atom. The first-order chi connectivity index (χ1) is 10.2. The number of halogens is 1. The van der Waals surface area contributed by atoms with Crippen molar-refractivity contribution in [2.24, 2.45) is 0 Å². The lowest BCUT2D eigenvalue weighted by Crippen LogP contribution is -2.03. The molecule has 0 unspecified atom stereocenters. The van der Waals surface area contributed by atoms with Gasteiger partial charge in [0.2, 0.25) is 0 Å². The Hall–Kier alpha value is -2.68. The van der Waals surface area contributed by atoms with Crippen molar-refractivity contribution in [2.45, 2.75) is 0 Å². The first kappa shape index (κ1) is 13.3. The van der Waals surface area contributed by atoms with Gasteiger partial charge in [-0.05, 0) is 46.2 Å². The molecule has 104 valence electrons. The van der Waals surface area contributed by atoms with Gasteiger partial charge in [-0.3, -0.25) is 0 Å². The van der Waals surface area contributed by atoms with Crippen molar-refractivity contribution >= 4 is 16.7 Å². The summed E-state index contributed by atoms with van der Waals surface area (Å²) in [6, 6.07) is 17.7. The van der Waals surface area contributed by atoms with Crippen LogP contribution in [0.1, 0.15) is 10.4 Å². The molecule has 0 bridgehead atoms. The van der Waals surface area contributed by atoms with Gasteiger partial charge in [0.25, 0.3) is 0 Å². The summed E-state index contributed by atoms with van der Waals surface area (Å²) in [7, 11) is 1.34. The third-order valence-corrected chi connectivity index (χ3v) is 3.43. The molecule has 2 nitrogen and oxygen atoms in total. The van der Waals surface area contributed by atoms with Gasteiger partial charge in [-0.2, -0.15) is 0 Å². The van der Waals surface area contributed by atoms with Crippen LogP contribution in [-0.4, -0.2) is 13.1 Å². The summed E-state index contributed by atoms with van der Waals surface area (Å²) in [5, 5.41) is 1.55. The first-order valence-electron chi connectivity index (χ1n) is 6.56. The van der Waals surface area contributed by atoms with E-state index in [1.807, 2.05) is 36.4 Å². The zero-order valence-electron chi connectivity index (χ0n) is 11.5. The topological polar surface area (TPSA) is 26.3 Å². The second kappa shape index (κ2) is 5.37. The summed E-state index contributed by atoms with van der Waals surface area (Å²) in [5.74, 6) is -0.759. The van der Waals surface area contributed by atoms with E-state index < -0.39 is 5.97 Å². The molecule has 3 rings (SSSR count). The van der Waals surface area contributed by atoms with Gasteiger partial charge >= 0.3 is 5.97 Å². The minimum atomic E-state index is -0.431. The van der Waals surface area contributed by atoms with Gasteiger partial charge in [0.1, 0.15) is 5.82 Å². The molecule has 0 aromatic heterocycles. The number of carbonyl (C=O) groups is 1. The normalized spacial score (nSPS) is 10.6. The Morgan fingerprint density at radius 1 is 0.952 bits per heavy atom. The molecule has 0 aliphatic rings. The third kappa shape index (κ3) is 2.50. The Labute approximate surface area is 121 Å². The second-order valence-electron chi connectivity index (χ2n) is 4.75. The van der Waals surface area contributed by atoms with Crippen molar-refractivity contribution in [3.63, 3.8) is 0 Å². The zero-order valence-corrected chi connectivity index (χ0v) is 11.5. The van der Waals surface area contributed by atoms with E-state index in [2.05, 4.69) is 0 Å². The molecule has 3 aromatic carbocycles. The predicted octanol–water partition coefficient (Wildman–Crippen LogP) is 4.43.